The summed E-state index contributed by atoms with van der Waals surface area (Å²) >= 11 is 1.77. The summed E-state index contributed by atoms with van der Waals surface area (Å²) in [6, 6.07) is 10.7. The number of aryl methyl sites for hydroxylation is 1. The Morgan fingerprint density at radius 1 is 1.21 bits per heavy atom. The van der Waals surface area contributed by atoms with Crippen LogP contribution in [0.25, 0.3) is 0 Å². The van der Waals surface area contributed by atoms with Gasteiger partial charge in [0.1, 0.15) is 5.75 Å². The molecule has 0 aliphatic carbocycles. The fourth-order valence-electron chi connectivity index (χ4n) is 3.77. The maximum absolute atomic E-state index is 12.5. The molecule has 0 bridgehead atoms. The first-order chi connectivity index (χ1) is 13.5. The van der Waals surface area contributed by atoms with Crippen LogP contribution in [0.5, 0.6) is 5.75 Å². The van der Waals surface area contributed by atoms with Gasteiger partial charge >= 0.3 is 0 Å². The minimum absolute atomic E-state index is 0.0559. The summed E-state index contributed by atoms with van der Waals surface area (Å²) < 4.78 is 5.89. The molecule has 1 saturated heterocycles. The van der Waals surface area contributed by atoms with E-state index in [0.717, 1.165) is 30.0 Å². The molecule has 1 aromatic heterocycles. The Balaban J connectivity index is 1.57. The lowest BCUT2D eigenvalue weighted by Gasteiger charge is -2.34. The molecule has 0 unspecified atom stereocenters. The summed E-state index contributed by atoms with van der Waals surface area (Å²) in [5.41, 5.74) is 2.28. The summed E-state index contributed by atoms with van der Waals surface area (Å²) in [7, 11) is 0. The lowest BCUT2D eigenvalue weighted by Crippen LogP contribution is -2.41. The fourth-order valence-corrected chi connectivity index (χ4v) is 4.63. The van der Waals surface area contributed by atoms with Crippen molar-refractivity contribution in [3.63, 3.8) is 0 Å². The highest BCUT2D eigenvalue weighted by Crippen LogP contribution is 2.28. The Morgan fingerprint density at radius 2 is 2.00 bits per heavy atom. The molecule has 1 aliphatic rings. The molecule has 2 heterocycles. The van der Waals surface area contributed by atoms with Crippen molar-refractivity contribution in [2.45, 2.75) is 52.0 Å². The molecule has 1 fully saturated rings. The summed E-state index contributed by atoms with van der Waals surface area (Å²) in [4.78, 5) is 16.3. The second-order valence-electron chi connectivity index (χ2n) is 7.92. The lowest BCUT2D eigenvalue weighted by molar-refractivity contribution is -0.123. The van der Waals surface area contributed by atoms with Gasteiger partial charge in [-0.1, -0.05) is 38.5 Å². The number of nitrogens with one attached hydrogen (secondary N) is 1. The van der Waals surface area contributed by atoms with E-state index in [2.05, 4.69) is 53.7 Å². The second kappa shape index (κ2) is 10.1. The van der Waals surface area contributed by atoms with Crippen molar-refractivity contribution in [2.75, 3.05) is 26.2 Å². The highest BCUT2D eigenvalue weighted by Gasteiger charge is 2.23. The SMILES string of the molecule is Cc1ccc(C(C)C)c(OCC(=O)NC[C@H](c2cccs2)N2CCCCC2)c1. The summed E-state index contributed by atoms with van der Waals surface area (Å²) in [6.45, 7) is 9.23. The first-order valence-corrected chi connectivity index (χ1v) is 11.2. The lowest BCUT2D eigenvalue weighted by atomic mass is 10.0. The molecule has 1 N–H and O–H groups in total. The van der Waals surface area contributed by atoms with E-state index in [1.807, 2.05) is 13.0 Å². The van der Waals surface area contributed by atoms with E-state index < -0.39 is 0 Å². The number of hydrogen-bond acceptors (Lipinski definition) is 4. The van der Waals surface area contributed by atoms with E-state index in [1.54, 1.807) is 11.3 Å². The van der Waals surface area contributed by atoms with Crippen molar-refractivity contribution in [3.8, 4) is 5.75 Å². The minimum atomic E-state index is -0.0604. The van der Waals surface area contributed by atoms with Crippen molar-refractivity contribution < 1.29 is 9.53 Å². The molecule has 1 atom stereocenters. The van der Waals surface area contributed by atoms with Crippen LogP contribution in [-0.4, -0.2) is 37.0 Å². The second-order valence-corrected chi connectivity index (χ2v) is 8.90. The van der Waals surface area contributed by atoms with Crippen LogP contribution in [0.3, 0.4) is 0 Å². The zero-order valence-electron chi connectivity index (χ0n) is 17.2. The largest absolute Gasteiger partial charge is 0.483 e. The summed E-state index contributed by atoms with van der Waals surface area (Å²) in [5, 5.41) is 5.22. The highest BCUT2D eigenvalue weighted by atomic mass is 32.1. The van der Waals surface area contributed by atoms with Gasteiger partial charge in [0.2, 0.25) is 0 Å². The molecular weight excluding hydrogens is 368 g/mol. The number of carbonyl (C=O) groups is 1. The Hall–Kier alpha value is -1.85. The van der Waals surface area contributed by atoms with Crippen molar-refractivity contribution in [1.82, 2.24) is 10.2 Å². The van der Waals surface area contributed by atoms with Gasteiger partial charge in [-0.05, 0) is 67.4 Å². The molecule has 0 spiro atoms. The van der Waals surface area contributed by atoms with Crippen LogP contribution in [0.1, 0.15) is 61.1 Å². The molecule has 3 rings (SSSR count). The Kier molecular flexibility index (Phi) is 7.51. The van der Waals surface area contributed by atoms with E-state index in [9.17, 15) is 4.79 Å². The van der Waals surface area contributed by atoms with E-state index >= 15 is 0 Å². The Bertz CT molecular complexity index is 752. The van der Waals surface area contributed by atoms with E-state index in [4.69, 9.17) is 4.74 Å². The molecule has 1 aliphatic heterocycles. The van der Waals surface area contributed by atoms with Gasteiger partial charge in [0.15, 0.2) is 6.61 Å². The number of benzene rings is 1. The topological polar surface area (TPSA) is 41.6 Å². The number of hydrogen-bond donors (Lipinski definition) is 1. The zero-order chi connectivity index (χ0) is 19.9. The number of nitrogens with zero attached hydrogens (tertiary/aromatic N) is 1. The third-order valence-corrected chi connectivity index (χ3v) is 6.32. The van der Waals surface area contributed by atoms with Gasteiger partial charge in [-0.2, -0.15) is 0 Å². The van der Waals surface area contributed by atoms with Crippen LogP contribution >= 0.6 is 11.3 Å². The number of rotatable bonds is 8. The number of thiophene rings is 1. The predicted octanol–water partition coefficient (Wildman–Crippen LogP) is 4.90. The zero-order valence-corrected chi connectivity index (χ0v) is 18.1. The molecular formula is C23H32N2O2S. The molecule has 4 nitrogen and oxygen atoms in total. The third-order valence-electron chi connectivity index (χ3n) is 5.35. The molecule has 28 heavy (non-hydrogen) atoms. The van der Waals surface area contributed by atoms with Crippen LogP contribution in [-0.2, 0) is 4.79 Å². The van der Waals surface area contributed by atoms with Crippen LogP contribution in [0.15, 0.2) is 35.7 Å². The molecule has 152 valence electrons. The molecule has 1 aromatic carbocycles. The van der Waals surface area contributed by atoms with E-state index in [1.165, 1.54) is 24.1 Å². The normalized spacial score (nSPS) is 16.1. The molecule has 0 saturated carbocycles. The first-order valence-electron chi connectivity index (χ1n) is 10.3. The number of carbonyl (C=O) groups excluding carboxylic acids is 1. The van der Waals surface area contributed by atoms with Gasteiger partial charge in [-0.3, -0.25) is 9.69 Å². The third kappa shape index (κ3) is 5.58. The predicted molar refractivity (Wildman–Crippen MR) is 116 cm³/mol. The van der Waals surface area contributed by atoms with Crippen molar-refractivity contribution in [2.24, 2.45) is 0 Å². The Morgan fingerprint density at radius 3 is 2.68 bits per heavy atom. The van der Waals surface area contributed by atoms with Crippen molar-refractivity contribution in [3.05, 3.63) is 51.7 Å². The first kappa shape index (κ1) is 20.9. The van der Waals surface area contributed by atoms with Gasteiger partial charge in [-0.25, -0.2) is 0 Å². The molecule has 0 radical (unpaired) electrons. The van der Waals surface area contributed by atoms with Gasteiger partial charge < -0.3 is 10.1 Å². The van der Waals surface area contributed by atoms with Gasteiger partial charge in [0.05, 0.1) is 6.04 Å². The molecule has 5 heteroatoms. The maximum atomic E-state index is 12.5. The highest BCUT2D eigenvalue weighted by molar-refractivity contribution is 7.10. The van der Waals surface area contributed by atoms with Crippen LogP contribution in [0.4, 0.5) is 0 Å². The van der Waals surface area contributed by atoms with Crippen LogP contribution in [0, 0.1) is 6.92 Å². The van der Waals surface area contributed by atoms with Crippen molar-refractivity contribution in [1.29, 1.82) is 0 Å². The van der Waals surface area contributed by atoms with Crippen molar-refractivity contribution >= 4 is 17.2 Å². The van der Waals surface area contributed by atoms with Crippen LogP contribution in [0.2, 0.25) is 0 Å². The monoisotopic (exact) mass is 400 g/mol. The fraction of sp³-hybridized carbons (Fsp3) is 0.522. The smallest absolute Gasteiger partial charge is 0.258 e. The average Bonchev–Trinajstić information content (AvgIpc) is 3.21. The number of likely N-dealkylation sites (tertiary alicyclic amines) is 1. The average molecular weight is 401 g/mol. The number of ether oxygens (including phenoxy) is 1. The van der Waals surface area contributed by atoms with Gasteiger partial charge in [0.25, 0.3) is 5.91 Å². The Labute approximate surface area is 172 Å². The molecule has 2 aromatic rings. The quantitative estimate of drug-likeness (QED) is 0.685. The van der Waals surface area contributed by atoms with Crippen LogP contribution < -0.4 is 10.1 Å². The van der Waals surface area contributed by atoms with Gasteiger partial charge in [0, 0.05) is 11.4 Å². The maximum Gasteiger partial charge on any atom is 0.258 e. The standard InChI is InChI=1S/C23H32N2O2S/c1-17(2)19-10-9-18(3)14-21(19)27-16-23(26)24-15-20(22-8-7-13-28-22)25-11-5-4-6-12-25/h7-10,13-14,17,20H,4-6,11-12,15-16H2,1-3H3,(H,24,26)/t20-/m1/s1. The van der Waals surface area contributed by atoms with E-state index in [0.29, 0.717) is 12.5 Å². The van der Waals surface area contributed by atoms with Gasteiger partial charge in [-0.15, -0.1) is 11.3 Å². The number of piperidine rings is 1. The summed E-state index contributed by atoms with van der Waals surface area (Å²) in [5.74, 6) is 1.12. The summed E-state index contributed by atoms with van der Waals surface area (Å²) in [6.07, 6.45) is 3.79. The van der Waals surface area contributed by atoms with E-state index in [-0.39, 0.29) is 18.6 Å². The minimum Gasteiger partial charge on any atom is -0.483 e. The molecule has 1 amide bonds. The number of amides is 1.